The molecule has 2 aromatic carbocycles. The Hall–Kier alpha value is -4.24. The quantitative estimate of drug-likeness (QED) is 0.380. The molecule has 0 atom stereocenters. The van der Waals surface area contributed by atoms with E-state index in [0.29, 0.717) is 44.7 Å². The Kier molecular flexibility index (Phi) is 5.70. The molecule has 0 bridgehead atoms. The normalized spacial score (nSPS) is 11.1. The lowest BCUT2D eigenvalue weighted by Gasteiger charge is -2.12. The molecule has 3 aromatic heterocycles. The van der Waals surface area contributed by atoms with Gasteiger partial charge in [-0.1, -0.05) is 23.7 Å². The zero-order chi connectivity index (χ0) is 24.7. The number of anilines is 1. The summed E-state index contributed by atoms with van der Waals surface area (Å²) in [5, 5.41) is 13.2. The van der Waals surface area contributed by atoms with E-state index in [4.69, 9.17) is 16.3 Å². The molecule has 10 heteroatoms. The molecule has 0 saturated carbocycles. The first-order valence-electron chi connectivity index (χ1n) is 10.8. The van der Waals surface area contributed by atoms with Gasteiger partial charge in [0.05, 0.1) is 35.6 Å². The lowest BCUT2D eigenvalue weighted by molar-refractivity contribution is 0.102. The number of ether oxygens (including phenoxy) is 1. The van der Waals surface area contributed by atoms with Gasteiger partial charge in [-0.15, -0.1) is 0 Å². The maximum atomic E-state index is 13.1. The molecule has 0 aliphatic carbocycles. The SMILES string of the molecule is COc1ccc(Cl)cc1C(=O)Nc1cc(C)nn1-c1ncnc2c1cnn2-c1cccc(C)c1C. The van der Waals surface area contributed by atoms with E-state index in [1.807, 2.05) is 19.1 Å². The number of carbonyl (C=O) groups is 1. The summed E-state index contributed by atoms with van der Waals surface area (Å²) in [5.41, 5.74) is 4.84. The Bertz CT molecular complexity index is 1590. The molecule has 0 radical (unpaired) electrons. The molecule has 0 saturated heterocycles. The summed E-state index contributed by atoms with van der Waals surface area (Å²) in [7, 11) is 1.50. The highest BCUT2D eigenvalue weighted by atomic mass is 35.5. The molecule has 0 fully saturated rings. The first-order valence-corrected chi connectivity index (χ1v) is 11.2. The second kappa shape index (κ2) is 8.84. The van der Waals surface area contributed by atoms with Gasteiger partial charge in [0.2, 0.25) is 0 Å². The molecule has 9 nitrogen and oxygen atoms in total. The van der Waals surface area contributed by atoms with E-state index in [-0.39, 0.29) is 5.91 Å². The lowest BCUT2D eigenvalue weighted by Crippen LogP contribution is -2.16. The highest BCUT2D eigenvalue weighted by Gasteiger charge is 2.20. The van der Waals surface area contributed by atoms with Crippen molar-refractivity contribution < 1.29 is 9.53 Å². The molecule has 1 N–H and O–H groups in total. The molecule has 0 aliphatic rings. The zero-order valence-electron chi connectivity index (χ0n) is 19.6. The van der Waals surface area contributed by atoms with Gasteiger partial charge in [-0.2, -0.15) is 14.9 Å². The number of nitrogens with zero attached hydrogens (tertiary/aromatic N) is 6. The van der Waals surface area contributed by atoms with Crippen molar-refractivity contribution >= 4 is 34.4 Å². The van der Waals surface area contributed by atoms with Crippen LogP contribution in [0.3, 0.4) is 0 Å². The number of hydrogen-bond acceptors (Lipinski definition) is 6. The zero-order valence-corrected chi connectivity index (χ0v) is 20.3. The van der Waals surface area contributed by atoms with Crippen molar-refractivity contribution in [2.45, 2.75) is 20.8 Å². The molecular weight excluding hydrogens is 466 g/mol. The molecule has 5 rings (SSSR count). The second-order valence-electron chi connectivity index (χ2n) is 8.09. The minimum Gasteiger partial charge on any atom is -0.496 e. The summed E-state index contributed by atoms with van der Waals surface area (Å²) in [6, 6.07) is 12.7. The number of methoxy groups -OCH3 is 1. The Morgan fingerprint density at radius 3 is 2.69 bits per heavy atom. The number of aryl methyl sites for hydroxylation is 2. The molecule has 0 aliphatic heterocycles. The number of nitrogens with one attached hydrogen (secondary N) is 1. The van der Waals surface area contributed by atoms with Crippen molar-refractivity contribution in [2.24, 2.45) is 0 Å². The van der Waals surface area contributed by atoms with E-state index in [0.717, 1.165) is 16.8 Å². The van der Waals surface area contributed by atoms with Crippen LogP contribution in [-0.2, 0) is 0 Å². The first-order chi connectivity index (χ1) is 16.9. The number of fused-ring (bicyclic) bond motifs is 1. The molecule has 176 valence electrons. The fourth-order valence-corrected chi connectivity index (χ4v) is 4.11. The Morgan fingerprint density at radius 2 is 1.89 bits per heavy atom. The average Bonchev–Trinajstić information content (AvgIpc) is 3.44. The van der Waals surface area contributed by atoms with Crippen LogP contribution >= 0.6 is 11.6 Å². The van der Waals surface area contributed by atoms with Gasteiger partial charge in [-0.25, -0.2) is 14.6 Å². The number of rotatable bonds is 5. The molecule has 35 heavy (non-hydrogen) atoms. The minimum atomic E-state index is -0.387. The van der Waals surface area contributed by atoms with Crippen molar-refractivity contribution in [3.05, 3.63) is 82.4 Å². The highest BCUT2D eigenvalue weighted by Crippen LogP contribution is 2.28. The predicted molar refractivity (Wildman–Crippen MR) is 134 cm³/mol. The number of carbonyl (C=O) groups excluding carboxylic acids is 1. The van der Waals surface area contributed by atoms with Gasteiger partial charge >= 0.3 is 0 Å². The summed E-state index contributed by atoms with van der Waals surface area (Å²) < 4.78 is 8.68. The third-order valence-electron chi connectivity index (χ3n) is 5.83. The van der Waals surface area contributed by atoms with Gasteiger partial charge < -0.3 is 10.1 Å². The first kappa shape index (κ1) is 22.5. The number of halogens is 1. The minimum absolute atomic E-state index is 0.306. The van der Waals surface area contributed by atoms with Crippen LogP contribution in [-0.4, -0.2) is 42.5 Å². The fraction of sp³-hybridized carbons (Fsp3) is 0.160. The van der Waals surface area contributed by atoms with Crippen LogP contribution in [0, 0.1) is 20.8 Å². The van der Waals surface area contributed by atoms with Crippen LogP contribution in [0.25, 0.3) is 22.5 Å². The molecule has 1 amide bonds. The third-order valence-corrected chi connectivity index (χ3v) is 6.06. The summed E-state index contributed by atoms with van der Waals surface area (Å²) in [6.45, 7) is 5.94. The van der Waals surface area contributed by atoms with E-state index in [1.54, 1.807) is 39.8 Å². The summed E-state index contributed by atoms with van der Waals surface area (Å²) in [4.78, 5) is 22.1. The van der Waals surface area contributed by atoms with Crippen LogP contribution in [0.1, 0.15) is 27.2 Å². The monoisotopic (exact) mass is 487 g/mol. The third kappa shape index (κ3) is 4.00. The summed E-state index contributed by atoms with van der Waals surface area (Å²) >= 11 is 6.11. The van der Waals surface area contributed by atoms with Gasteiger partial charge in [0.1, 0.15) is 17.9 Å². The van der Waals surface area contributed by atoms with Gasteiger partial charge in [0.25, 0.3) is 5.91 Å². The lowest BCUT2D eigenvalue weighted by atomic mass is 10.1. The number of amides is 1. The van der Waals surface area contributed by atoms with Crippen molar-refractivity contribution in [3.8, 4) is 17.3 Å². The Balaban J connectivity index is 1.59. The Labute approximate surface area is 206 Å². The molecule has 0 spiro atoms. The topological polar surface area (TPSA) is 99.8 Å². The number of hydrogen-bond donors (Lipinski definition) is 1. The van der Waals surface area contributed by atoms with Crippen molar-refractivity contribution in [1.29, 1.82) is 0 Å². The van der Waals surface area contributed by atoms with Crippen molar-refractivity contribution in [1.82, 2.24) is 29.5 Å². The molecule has 3 heterocycles. The highest BCUT2D eigenvalue weighted by molar-refractivity contribution is 6.31. The second-order valence-corrected chi connectivity index (χ2v) is 8.53. The molecule has 5 aromatic rings. The van der Waals surface area contributed by atoms with E-state index >= 15 is 0 Å². The predicted octanol–water partition coefficient (Wildman–Crippen LogP) is 4.84. The molecule has 0 unspecified atom stereocenters. The van der Waals surface area contributed by atoms with E-state index in [1.165, 1.54) is 13.4 Å². The largest absolute Gasteiger partial charge is 0.496 e. The van der Waals surface area contributed by atoms with E-state index in [9.17, 15) is 4.79 Å². The van der Waals surface area contributed by atoms with Crippen LogP contribution in [0.2, 0.25) is 5.02 Å². The smallest absolute Gasteiger partial charge is 0.260 e. The van der Waals surface area contributed by atoms with Crippen LogP contribution in [0.4, 0.5) is 5.82 Å². The van der Waals surface area contributed by atoms with Gasteiger partial charge in [0, 0.05) is 11.1 Å². The number of benzene rings is 2. The molecular formula is C25H22ClN7O2. The maximum Gasteiger partial charge on any atom is 0.260 e. The fourth-order valence-electron chi connectivity index (χ4n) is 3.93. The standard InChI is InChI=1S/C25H22ClN7O2/c1-14-6-5-7-20(16(14)3)32-23-19(12-29-32)24(28-13-27-23)33-22(10-15(2)31-33)30-25(34)18-11-17(26)8-9-21(18)35-4/h5-13H,1-4H3,(H,30,34). The van der Waals surface area contributed by atoms with Gasteiger partial charge in [-0.05, 0) is 56.2 Å². The summed E-state index contributed by atoms with van der Waals surface area (Å²) in [5.74, 6) is 0.956. The maximum absolute atomic E-state index is 13.1. The summed E-state index contributed by atoms with van der Waals surface area (Å²) in [6.07, 6.45) is 3.17. The van der Waals surface area contributed by atoms with Crippen molar-refractivity contribution in [3.63, 3.8) is 0 Å². The van der Waals surface area contributed by atoms with Crippen LogP contribution in [0.5, 0.6) is 5.75 Å². The van der Waals surface area contributed by atoms with Crippen molar-refractivity contribution in [2.75, 3.05) is 12.4 Å². The number of aromatic nitrogens is 6. The Morgan fingerprint density at radius 1 is 1.06 bits per heavy atom. The van der Waals surface area contributed by atoms with Gasteiger partial charge in [-0.3, -0.25) is 4.79 Å². The average molecular weight is 488 g/mol. The van der Waals surface area contributed by atoms with Crippen LogP contribution < -0.4 is 10.1 Å². The van der Waals surface area contributed by atoms with E-state index in [2.05, 4.69) is 45.4 Å². The van der Waals surface area contributed by atoms with Crippen LogP contribution in [0.15, 0.2) is 55.0 Å². The van der Waals surface area contributed by atoms with E-state index < -0.39 is 0 Å². The van der Waals surface area contributed by atoms with Gasteiger partial charge in [0.15, 0.2) is 11.5 Å².